The molecular formula is C21H23F2N5OS. The van der Waals surface area contributed by atoms with E-state index in [2.05, 4.69) is 22.0 Å². The van der Waals surface area contributed by atoms with Gasteiger partial charge in [-0.15, -0.1) is 11.3 Å². The molecule has 1 saturated carbocycles. The van der Waals surface area contributed by atoms with Crippen LogP contribution in [0.3, 0.4) is 0 Å². The monoisotopic (exact) mass is 431 g/mol. The van der Waals surface area contributed by atoms with E-state index in [0.29, 0.717) is 23.4 Å². The molecule has 1 amide bonds. The van der Waals surface area contributed by atoms with Gasteiger partial charge in [0.15, 0.2) is 5.65 Å². The SMILES string of the molecule is C=C(C)c1sc(C(=O)NCC2[C@@H](N)CCCC2(F)F)cc1-c1cnc2cccnn12. The smallest absolute Gasteiger partial charge is 0.261 e. The Hall–Kier alpha value is -2.65. The molecule has 3 aromatic heterocycles. The van der Waals surface area contributed by atoms with Crippen molar-refractivity contribution in [3.63, 3.8) is 0 Å². The number of allylic oxidation sites excluding steroid dienone is 1. The van der Waals surface area contributed by atoms with E-state index >= 15 is 0 Å². The molecule has 0 bridgehead atoms. The van der Waals surface area contributed by atoms with E-state index < -0.39 is 23.8 Å². The number of halogens is 2. The number of nitrogens with two attached hydrogens (primary N) is 1. The Kier molecular flexibility index (Phi) is 5.42. The summed E-state index contributed by atoms with van der Waals surface area (Å²) in [7, 11) is 0. The summed E-state index contributed by atoms with van der Waals surface area (Å²) in [5.41, 5.74) is 8.90. The highest BCUT2D eigenvalue weighted by Gasteiger charge is 2.45. The van der Waals surface area contributed by atoms with Gasteiger partial charge in [-0.05, 0) is 43.5 Å². The molecule has 4 rings (SSSR count). The van der Waals surface area contributed by atoms with Gasteiger partial charge < -0.3 is 11.1 Å². The number of nitrogens with zero attached hydrogens (tertiary/aromatic N) is 3. The lowest BCUT2D eigenvalue weighted by Gasteiger charge is -2.36. The van der Waals surface area contributed by atoms with Gasteiger partial charge in [0.1, 0.15) is 0 Å². The Morgan fingerprint density at radius 2 is 2.30 bits per heavy atom. The summed E-state index contributed by atoms with van der Waals surface area (Å²) >= 11 is 1.27. The number of amides is 1. The maximum Gasteiger partial charge on any atom is 0.261 e. The van der Waals surface area contributed by atoms with E-state index in [-0.39, 0.29) is 13.0 Å². The van der Waals surface area contributed by atoms with E-state index in [1.807, 2.05) is 13.0 Å². The van der Waals surface area contributed by atoms with E-state index in [9.17, 15) is 13.6 Å². The van der Waals surface area contributed by atoms with Crippen molar-refractivity contribution in [2.75, 3.05) is 6.54 Å². The van der Waals surface area contributed by atoms with Crippen molar-refractivity contribution in [2.45, 2.75) is 38.2 Å². The number of hydrogen-bond acceptors (Lipinski definition) is 5. The van der Waals surface area contributed by atoms with Gasteiger partial charge in [-0.25, -0.2) is 18.3 Å². The van der Waals surface area contributed by atoms with Gasteiger partial charge in [0.25, 0.3) is 11.8 Å². The molecular weight excluding hydrogens is 408 g/mol. The zero-order chi connectivity index (χ0) is 21.5. The molecule has 158 valence electrons. The second-order valence-corrected chi connectivity index (χ2v) is 8.76. The lowest BCUT2D eigenvalue weighted by molar-refractivity contribution is -0.0908. The summed E-state index contributed by atoms with van der Waals surface area (Å²) in [6, 6.07) is 4.75. The molecule has 0 aromatic carbocycles. The summed E-state index contributed by atoms with van der Waals surface area (Å²) in [5.74, 6) is -4.32. The van der Waals surface area contributed by atoms with Gasteiger partial charge in [-0.2, -0.15) is 5.10 Å². The molecule has 1 aliphatic carbocycles. The maximum atomic E-state index is 14.2. The molecule has 3 N–H and O–H groups in total. The predicted octanol–water partition coefficient (Wildman–Crippen LogP) is 3.98. The van der Waals surface area contributed by atoms with Crippen molar-refractivity contribution < 1.29 is 13.6 Å². The Bertz CT molecular complexity index is 1110. The summed E-state index contributed by atoms with van der Waals surface area (Å²) < 4.78 is 30.1. The number of carbonyl (C=O) groups is 1. The first kappa shape index (κ1) is 20.6. The van der Waals surface area contributed by atoms with E-state index in [1.54, 1.807) is 29.0 Å². The Balaban J connectivity index is 1.60. The second-order valence-electron chi connectivity index (χ2n) is 7.70. The topological polar surface area (TPSA) is 85.3 Å². The minimum Gasteiger partial charge on any atom is -0.351 e. The van der Waals surface area contributed by atoms with E-state index in [1.165, 1.54) is 11.3 Å². The number of nitrogens with one attached hydrogen (secondary N) is 1. The summed E-state index contributed by atoms with van der Waals surface area (Å²) in [6.45, 7) is 5.71. The molecule has 0 spiro atoms. The van der Waals surface area contributed by atoms with Gasteiger partial charge in [0.2, 0.25) is 0 Å². The normalized spacial score (nSPS) is 20.9. The zero-order valence-electron chi connectivity index (χ0n) is 16.6. The quantitative estimate of drug-likeness (QED) is 0.640. The number of carbonyl (C=O) groups excluding carboxylic acids is 1. The summed E-state index contributed by atoms with van der Waals surface area (Å²) in [5, 5.41) is 6.99. The van der Waals surface area contributed by atoms with Crippen LogP contribution in [0.1, 0.15) is 40.7 Å². The number of fused-ring (bicyclic) bond motifs is 1. The van der Waals surface area contributed by atoms with Crippen LogP contribution in [0.5, 0.6) is 0 Å². The first-order valence-electron chi connectivity index (χ1n) is 9.78. The van der Waals surface area contributed by atoms with Crippen LogP contribution in [-0.4, -0.2) is 39.0 Å². The van der Waals surface area contributed by atoms with Crippen molar-refractivity contribution in [1.82, 2.24) is 19.9 Å². The minimum atomic E-state index is -2.86. The number of aromatic nitrogens is 3. The fraction of sp³-hybridized carbons (Fsp3) is 0.381. The van der Waals surface area contributed by atoms with Crippen molar-refractivity contribution >= 4 is 28.5 Å². The molecule has 1 aliphatic rings. The second kappa shape index (κ2) is 7.88. The van der Waals surface area contributed by atoms with Crippen molar-refractivity contribution in [3.8, 4) is 11.3 Å². The van der Waals surface area contributed by atoms with Crippen LogP contribution in [0.2, 0.25) is 0 Å². The first-order valence-corrected chi connectivity index (χ1v) is 10.6. The van der Waals surface area contributed by atoms with Crippen LogP contribution < -0.4 is 11.1 Å². The molecule has 9 heteroatoms. The molecule has 1 fully saturated rings. The standard InChI is InChI=1S/C21H23F2N5OS/c1-12(2)19-13(16-11-25-18-6-4-8-27-28(16)18)9-17(30-19)20(29)26-10-14-15(24)5-3-7-21(14,22)23/h4,6,8-9,11,14-15H,1,3,5,7,10,24H2,2H3,(H,26,29)/t14?,15-/m0/s1. The van der Waals surface area contributed by atoms with Crippen molar-refractivity contribution in [3.05, 3.63) is 46.9 Å². The average Bonchev–Trinajstić information content (AvgIpc) is 3.31. The van der Waals surface area contributed by atoms with Crippen LogP contribution in [0, 0.1) is 5.92 Å². The first-order chi connectivity index (χ1) is 14.3. The third-order valence-corrected chi connectivity index (χ3v) is 6.78. The average molecular weight is 432 g/mol. The zero-order valence-corrected chi connectivity index (χ0v) is 17.4. The van der Waals surface area contributed by atoms with E-state index in [4.69, 9.17) is 5.73 Å². The molecule has 6 nitrogen and oxygen atoms in total. The Morgan fingerprint density at radius 3 is 3.03 bits per heavy atom. The lowest BCUT2D eigenvalue weighted by atomic mass is 9.81. The highest BCUT2D eigenvalue weighted by atomic mass is 32.1. The molecule has 0 radical (unpaired) electrons. The largest absolute Gasteiger partial charge is 0.351 e. The molecule has 30 heavy (non-hydrogen) atoms. The number of alkyl halides is 2. The van der Waals surface area contributed by atoms with Crippen molar-refractivity contribution in [2.24, 2.45) is 11.7 Å². The third-order valence-electron chi connectivity index (χ3n) is 5.49. The van der Waals surface area contributed by atoms with Gasteiger partial charge in [-0.3, -0.25) is 4.79 Å². The van der Waals surface area contributed by atoms with E-state index in [0.717, 1.165) is 21.7 Å². The number of thiophene rings is 1. The highest BCUT2D eigenvalue weighted by molar-refractivity contribution is 7.15. The molecule has 3 heterocycles. The van der Waals surface area contributed by atoms with Crippen LogP contribution in [0.4, 0.5) is 8.78 Å². The van der Waals surface area contributed by atoms with Crippen LogP contribution in [0.15, 0.2) is 37.2 Å². The summed E-state index contributed by atoms with van der Waals surface area (Å²) in [4.78, 5) is 18.4. The molecule has 1 unspecified atom stereocenters. The summed E-state index contributed by atoms with van der Waals surface area (Å²) in [6.07, 6.45) is 4.11. The molecule has 0 aliphatic heterocycles. The third kappa shape index (κ3) is 3.75. The Labute approximate surface area is 176 Å². The fourth-order valence-corrected chi connectivity index (χ4v) is 4.90. The molecule has 3 aromatic rings. The Morgan fingerprint density at radius 1 is 1.50 bits per heavy atom. The minimum absolute atomic E-state index is 0.153. The predicted molar refractivity (Wildman–Crippen MR) is 114 cm³/mol. The molecule has 0 saturated heterocycles. The van der Waals surface area contributed by atoms with Gasteiger partial charge in [0.05, 0.1) is 22.7 Å². The van der Waals surface area contributed by atoms with Gasteiger partial charge >= 0.3 is 0 Å². The fourth-order valence-electron chi connectivity index (χ4n) is 3.89. The number of hydrogen-bond donors (Lipinski definition) is 2. The van der Waals surface area contributed by atoms with Gasteiger partial charge in [0, 0.05) is 35.6 Å². The number of imidazole rings is 1. The lowest BCUT2D eigenvalue weighted by Crippen LogP contribution is -2.51. The van der Waals surface area contributed by atoms with Crippen molar-refractivity contribution in [1.29, 1.82) is 0 Å². The van der Waals surface area contributed by atoms with Crippen LogP contribution in [-0.2, 0) is 0 Å². The highest BCUT2D eigenvalue weighted by Crippen LogP contribution is 2.38. The van der Waals surface area contributed by atoms with Gasteiger partial charge in [-0.1, -0.05) is 6.58 Å². The van der Waals surface area contributed by atoms with Crippen LogP contribution in [0.25, 0.3) is 22.5 Å². The van der Waals surface area contributed by atoms with Crippen LogP contribution >= 0.6 is 11.3 Å². The molecule has 2 atom stereocenters. The maximum absolute atomic E-state index is 14.2. The number of rotatable bonds is 5.